The molecule has 0 atom stereocenters. The number of rotatable bonds is 2. The van der Waals surface area contributed by atoms with Gasteiger partial charge in [-0.2, -0.15) is 0 Å². The summed E-state index contributed by atoms with van der Waals surface area (Å²) in [5, 5.41) is 11.1. The minimum Gasteiger partial charge on any atom is -0.253 e. The van der Waals surface area contributed by atoms with Gasteiger partial charge in [0, 0.05) is 16.6 Å². The van der Waals surface area contributed by atoms with Crippen LogP contribution < -0.4 is 0 Å². The lowest BCUT2D eigenvalue weighted by molar-refractivity contribution is 1.04. The molecule has 0 unspecified atom stereocenters. The van der Waals surface area contributed by atoms with Gasteiger partial charge in [-0.15, -0.1) is 21.8 Å². The van der Waals surface area contributed by atoms with Crippen molar-refractivity contribution in [3.05, 3.63) is 41.0 Å². The fourth-order valence-corrected chi connectivity index (χ4v) is 2.84. The first-order chi connectivity index (χ1) is 8.78. The molecular weight excluding hydrogens is 266 g/mol. The molecule has 0 saturated carbocycles. The molecular formula is C13H10ClN3S. The molecule has 1 aromatic carbocycles. The lowest BCUT2D eigenvalue weighted by atomic mass is 10.1. The maximum atomic E-state index is 5.77. The van der Waals surface area contributed by atoms with E-state index in [9.17, 15) is 0 Å². The van der Waals surface area contributed by atoms with Crippen LogP contribution in [-0.2, 0) is 5.88 Å². The summed E-state index contributed by atoms with van der Waals surface area (Å²) >= 11 is 7.30. The number of para-hydroxylation sites is 1. The Bertz CT molecular complexity index is 708. The molecule has 2 heterocycles. The predicted molar refractivity (Wildman–Crippen MR) is 74.9 cm³/mol. The van der Waals surface area contributed by atoms with Gasteiger partial charge in [0.25, 0.3) is 0 Å². The van der Waals surface area contributed by atoms with Crippen molar-refractivity contribution in [2.24, 2.45) is 0 Å². The number of alkyl halides is 1. The Hall–Kier alpha value is -1.52. The number of halogens is 1. The average Bonchev–Trinajstić information content (AvgIpc) is 2.86. The second-order valence-electron chi connectivity index (χ2n) is 3.96. The molecule has 5 heteroatoms. The van der Waals surface area contributed by atoms with Crippen molar-refractivity contribution in [2.75, 3.05) is 0 Å². The topological polar surface area (TPSA) is 38.7 Å². The number of benzene rings is 1. The Labute approximate surface area is 113 Å². The zero-order valence-corrected chi connectivity index (χ0v) is 11.3. The Kier molecular flexibility index (Phi) is 2.97. The summed E-state index contributed by atoms with van der Waals surface area (Å²) in [6, 6.07) is 10.1. The maximum absolute atomic E-state index is 5.77. The zero-order chi connectivity index (χ0) is 12.5. The number of hydrogen-bond acceptors (Lipinski definition) is 4. The molecule has 90 valence electrons. The van der Waals surface area contributed by atoms with Crippen LogP contribution >= 0.6 is 22.9 Å². The smallest absolute Gasteiger partial charge is 0.148 e. The summed E-state index contributed by atoms with van der Waals surface area (Å²) in [5.74, 6) is 0.402. The van der Waals surface area contributed by atoms with E-state index in [1.807, 2.05) is 31.2 Å². The van der Waals surface area contributed by atoms with Crippen LogP contribution in [0.5, 0.6) is 0 Å². The van der Waals surface area contributed by atoms with Gasteiger partial charge >= 0.3 is 0 Å². The molecule has 0 bridgehead atoms. The van der Waals surface area contributed by atoms with Crippen molar-refractivity contribution in [2.45, 2.75) is 12.8 Å². The van der Waals surface area contributed by atoms with Crippen LogP contribution in [0.2, 0.25) is 0 Å². The molecule has 0 N–H and O–H groups in total. The van der Waals surface area contributed by atoms with Crippen LogP contribution in [0.15, 0.2) is 30.3 Å². The second-order valence-corrected chi connectivity index (χ2v) is 5.29. The Morgan fingerprint density at radius 3 is 2.83 bits per heavy atom. The number of fused-ring (bicyclic) bond motifs is 1. The van der Waals surface area contributed by atoms with E-state index in [0.717, 1.165) is 32.2 Å². The van der Waals surface area contributed by atoms with Crippen LogP contribution in [0.25, 0.3) is 21.5 Å². The highest BCUT2D eigenvalue weighted by Gasteiger charge is 2.10. The standard InChI is InChI=1S/C13H10ClN3S/c1-8-6-10(13-17-16-12(7-14)18-13)9-4-2-3-5-11(9)15-8/h2-6H,7H2,1H3. The molecule has 0 aliphatic rings. The third-order valence-corrected chi connectivity index (χ3v) is 4.02. The molecule has 0 aliphatic carbocycles. The van der Waals surface area contributed by atoms with E-state index < -0.39 is 0 Å². The number of pyridine rings is 1. The lowest BCUT2D eigenvalue weighted by Crippen LogP contribution is -1.87. The first kappa shape index (κ1) is 11.6. The van der Waals surface area contributed by atoms with E-state index in [0.29, 0.717) is 5.88 Å². The fourth-order valence-electron chi connectivity index (χ4n) is 1.90. The number of aromatic nitrogens is 3. The summed E-state index contributed by atoms with van der Waals surface area (Å²) in [7, 11) is 0. The van der Waals surface area contributed by atoms with Crippen LogP contribution in [0.3, 0.4) is 0 Å². The third-order valence-electron chi connectivity index (χ3n) is 2.66. The van der Waals surface area contributed by atoms with Gasteiger partial charge in [-0.25, -0.2) is 0 Å². The van der Waals surface area contributed by atoms with Gasteiger partial charge in [-0.1, -0.05) is 29.5 Å². The molecule has 3 rings (SSSR count). The van der Waals surface area contributed by atoms with Gasteiger partial charge < -0.3 is 0 Å². The Morgan fingerprint density at radius 1 is 1.22 bits per heavy atom. The van der Waals surface area contributed by atoms with Gasteiger partial charge in [-0.3, -0.25) is 4.98 Å². The van der Waals surface area contributed by atoms with Crippen molar-refractivity contribution in [3.63, 3.8) is 0 Å². The molecule has 0 aliphatic heterocycles. The molecule has 18 heavy (non-hydrogen) atoms. The SMILES string of the molecule is Cc1cc(-c2nnc(CCl)s2)c2ccccc2n1. The van der Waals surface area contributed by atoms with Crippen molar-refractivity contribution >= 4 is 33.8 Å². The molecule has 3 nitrogen and oxygen atoms in total. The first-order valence-electron chi connectivity index (χ1n) is 5.53. The molecule has 0 radical (unpaired) electrons. The van der Waals surface area contributed by atoms with Gasteiger partial charge in [0.05, 0.1) is 11.4 Å². The molecule has 0 amide bonds. The van der Waals surface area contributed by atoms with E-state index in [1.54, 1.807) is 0 Å². The average molecular weight is 276 g/mol. The lowest BCUT2D eigenvalue weighted by Gasteiger charge is -2.04. The fraction of sp³-hybridized carbons (Fsp3) is 0.154. The monoisotopic (exact) mass is 275 g/mol. The van der Waals surface area contributed by atoms with Crippen LogP contribution in [-0.4, -0.2) is 15.2 Å². The van der Waals surface area contributed by atoms with Gasteiger partial charge in [0.2, 0.25) is 0 Å². The summed E-state index contributed by atoms with van der Waals surface area (Å²) in [4.78, 5) is 4.52. The predicted octanol–water partition coefficient (Wildman–Crippen LogP) is 3.80. The van der Waals surface area contributed by atoms with E-state index >= 15 is 0 Å². The van der Waals surface area contributed by atoms with Gasteiger partial charge in [0.15, 0.2) is 0 Å². The van der Waals surface area contributed by atoms with E-state index in [2.05, 4.69) is 21.2 Å². The largest absolute Gasteiger partial charge is 0.253 e. The molecule has 0 fully saturated rings. The molecule has 0 spiro atoms. The van der Waals surface area contributed by atoms with E-state index in [1.165, 1.54) is 11.3 Å². The molecule has 3 aromatic rings. The molecule has 2 aromatic heterocycles. The highest BCUT2D eigenvalue weighted by molar-refractivity contribution is 7.14. The van der Waals surface area contributed by atoms with Crippen molar-refractivity contribution in [1.82, 2.24) is 15.2 Å². The highest BCUT2D eigenvalue weighted by atomic mass is 35.5. The summed E-state index contributed by atoms with van der Waals surface area (Å²) < 4.78 is 0. The summed E-state index contributed by atoms with van der Waals surface area (Å²) in [6.07, 6.45) is 0. The van der Waals surface area contributed by atoms with Crippen molar-refractivity contribution in [1.29, 1.82) is 0 Å². The summed E-state index contributed by atoms with van der Waals surface area (Å²) in [6.45, 7) is 1.99. The second kappa shape index (κ2) is 4.63. The zero-order valence-electron chi connectivity index (χ0n) is 9.72. The Balaban J connectivity index is 2.27. The Morgan fingerprint density at radius 2 is 2.06 bits per heavy atom. The molecule has 0 saturated heterocycles. The van der Waals surface area contributed by atoms with Crippen molar-refractivity contribution in [3.8, 4) is 10.6 Å². The third kappa shape index (κ3) is 1.98. The summed E-state index contributed by atoms with van der Waals surface area (Å²) in [5.41, 5.74) is 3.04. The minimum absolute atomic E-state index is 0.402. The van der Waals surface area contributed by atoms with Crippen molar-refractivity contribution < 1.29 is 0 Å². The van der Waals surface area contributed by atoms with Gasteiger partial charge in [-0.05, 0) is 19.1 Å². The van der Waals surface area contributed by atoms with Gasteiger partial charge in [0.1, 0.15) is 10.0 Å². The number of hydrogen-bond donors (Lipinski definition) is 0. The van der Waals surface area contributed by atoms with Crippen LogP contribution in [0, 0.1) is 6.92 Å². The number of aryl methyl sites for hydroxylation is 1. The number of nitrogens with zero attached hydrogens (tertiary/aromatic N) is 3. The van der Waals surface area contributed by atoms with Crippen LogP contribution in [0.4, 0.5) is 0 Å². The maximum Gasteiger partial charge on any atom is 0.148 e. The van der Waals surface area contributed by atoms with Crippen LogP contribution in [0.1, 0.15) is 10.7 Å². The quantitative estimate of drug-likeness (QED) is 0.668. The van der Waals surface area contributed by atoms with E-state index in [4.69, 9.17) is 11.6 Å². The normalized spacial score (nSPS) is 11.0. The first-order valence-corrected chi connectivity index (χ1v) is 6.88. The van der Waals surface area contributed by atoms with E-state index in [-0.39, 0.29) is 0 Å². The highest BCUT2D eigenvalue weighted by Crippen LogP contribution is 2.30. The minimum atomic E-state index is 0.402.